The molecule has 0 bridgehead atoms. The Hall–Kier alpha value is -1.91. The SMILES string of the molecule is C[C@H]1CN(S(=O)(=O)C(F)F)Cc2cc(-c3ccnc4ccsc34)nn21. The van der Waals surface area contributed by atoms with Crippen molar-refractivity contribution in [2.45, 2.75) is 25.3 Å². The minimum atomic E-state index is -4.61. The van der Waals surface area contributed by atoms with Gasteiger partial charge in [-0.05, 0) is 30.5 Å². The van der Waals surface area contributed by atoms with Crippen LogP contribution >= 0.6 is 11.3 Å². The summed E-state index contributed by atoms with van der Waals surface area (Å²) in [6, 6.07) is 5.20. The third kappa shape index (κ3) is 2.64. The maximum atomic E-state index is 12.9. The molecule has 0 aromatic carbocycles. The first-order valence-electron chi connectivity index (χ1n) is 7.56. The molecule has 0 saturated heterocycles. The van der Waals surface area contributed by atoms with Crippen LogP contribution in [0, 0.1) is 0 Å². The Morgan fingerprint density at radius 2 is 2.16 bits per heavy atom. The number of hydrogen-bond donors (Lipinski definition) is 0. The molecular weight excluding hydrogens is 370 g/mol. The Morgan fingerprint density at radius 1 is 1.36 bits per heavy atom. The highest BCUT2D eigenvalue weighted by Gasteiger charge is 2.37. The summed E-state index contributed by atoms with van der Waals surface area (Å²) in [5.74, 6) is -3.42. The third-order valence-electron chi connectivity index (χ3n) is 4.24. The van der Waals surface area contributed by atoms with Crippen LogP contribution in [-0.4, -0.2) is 39.8 Å². The van der Waals surface area contributed by atoms with Crippen molar-refractivity contribution >= 4 is 31.6 Å². The van der Waals surface area contributed by atoms with Gasteiger partial charge in [0.05, 0.1) is 34.2 Å². The van der Waals surface area contributed by atoms with Crippen molar-refractivity contribution in [3.63, 3.8) is 0 Å². The van der Waals surface area contributed by atoms with Crippen LogP contribution in [0.5, 0.6) is 0 Å². The number of rotatable bonds is 3. The molecule has 0 saturated carbocycles. The second-order valence-corrected chi connectivity index (χ2v) is 8.72. The number of pyridine rings is 1. The molecule has 10 heteroatoms. The van der Waals surface area contributed by atoms with Gasteiger partial charge < -0.3 is 0 Å². The lowest BCUT2D eigenvalue weighted by Gasteiger charge is -2.30. The van der Waals surface area contributed by atoms with E-state index in [1.165, 1.54) is 0 Å². The molecule has 1 aliphatic heterocycles. The molecular formula is C15H14F2N4O2S2. The maximum absolute atomic E-state index is 12.9. The molecule has 25 heavy (non-hydrogen) atoms. The predicted molar refractivity (Wildman–Crippen MR) is 90.9 cm³/mol. The molecule has 4 rings (SSSR count). The number of thiophene rings is 1. The van der Waals surface area contributed by atoms with Crippen LogP contribution in [0.1, 0.15) is 18.7 Å². The molecule has 3 aromatic rings. The second-order valence-electron chi connectivity index (χ2n) is 5.91. The second kappa shape index (κ2) is 5.82. The van der Waals surface area contributed by atoms with E-state index in [1.807, 2.05) is 17.5 Å². The van der Waals surface area contributed by atoms with Gasteiger partial charge in [0, 0.05) is 18.3 Å². The van der Waals surface area contributed by atoms with Crippen molar-refractivity contribution in [3.8, 4) is 11.3 Å². The smallest absolute Gasteiger partial charge is 0.264 e. The monoisotopic (exact) mass is 384 g/mol. The lowest BCUT2D eigenvalue weighted by atomic mass is 10.1. The van der Waals surface area contributed by atoms with E-state index in [0.717, 1.165) is 20.1 Å². The van der Waals surface area contributed by atoms with Crippen LogP contribution in [0.3, 0.4) is 0 Å². The molecule has 3 aromatic heterocycles. The van der Waals surface area contributed by atoms with Crippen LogP contribution in [0.4, 0.5) is 8.78 Å². The van der Waals surface area contributed by atoms with E-state index >= 15 is 0 Å². The lowest BCUT2D eigenvalue weighted by molar-refractivity contribution is 0.204. The first-order valence-corrected chi connectivity index (χ1v) is 9.94. The molecule has 0 radical (unpaired) electrons. The van der Waals surface area contributed by atoms with Gasteiger partial charge in [-0.3, -0.25) is 9.67 Å². The van der Waals surface area contributed by atoms with E-state index in [1.54, 1.807) is 35.2 Å². The molecule has 0 N–H and O–H groups in total. The number of sulfonamides is 1. The summed E-state index contributed by atoms with van der Waals surface area (Å²) >= 11 is 1.55. The number of aromatic nitrogens is 3. The van der Waals surface area contributed by atoms with E-state index < -0.39 is 15.8 Å². The summed E-state index contributed by atoms with van der Waals surface area (Å²) in [7, 11) is -4.61. The standard InChI is InChI=1S/C15H14F2N4O2S2/c1-9-7-20(25(22,23)15(16)17)8-10-6-13(19-21(9)10)11-2-4-18-12-3-5-24-14(11)12/h2-6,9,15H,7-8H2,1H3/t9-/m0/s1. The van der Waals surface area contributed by atoms with Crippen molar-refractivity contribution in [1.29, 1.82) is 0 Å². The molecule has 0 fully saturated rings. The van der Waals surface area contributed by atoms with Crippen molar-refractivity contribution < 1.29 is 17.2 Å². The van der Waals surface area contributed by atoms with E-state index in [0.29, 0.717) is 11.4 Å². The quantitative estimate of drug-likeness (QED) is 0.696. The molecule has 0 aliphatic carbocycles. The molecule has 0 spiro atoms. The van der Waals surface area contributed by atoms with Crippen LogP contribution in [0.2, 0.25) is 0 Å². The first kappa shape index (κ1) is 16.6. The average Bonchev–Trinajstić information content (AvgIpc) is 3.20. The topological polar surface area (TPSA) is 68.1 Å². The van der Waals surface area contributed by atoms with Gasteiger partial charge in [0.15, 0.2) is 0 Å². The number of alkyl halides is 2. The van der Waals surface area contributed by atoms with Gasteiger partial charge in [0.2, 0.25) is 0 Å². The largest absolute Gasteiger partial charge is 0.350 e. The van der Waals surface area contributed by atoms with Crippen molar-refractivity contribution in [2.24, 2.45) is 0 Å². The minimum absolute atomic E-state index is 0.0223. The number of fused-ring (bicyclic) bond motifs is 2. The molecule has 1 atom stereocenters. The molecule has 132 valence electrons. The van der Waals surface area contributed by atoms with Gasteiger partial charge in [-0.25, -0.2) is 8.42 Å². The fraction of sp³-hybridized carbons (Fsp3) is 0.333. The van der Waals surface area contributed by atoms with E-state index in [2.05, 4.69) is 10.1 Å². The molecule has 4 heterocycles. The average molecular weight is 384 g/mol. The highest BCUT2D eigenvalue weighted by atomic mass is 32.2. The fourth-order valence-corrected chi connectivity index (χ4v) is 4.90. The highest BCUT2D eigenvalue weighted by molar-refractivity contribution is 7.89. The van der Waals surface area contributed by atoms with E-state index in [4.69, 9.17) is 0 Å². The van der Waals surface area contributed by atoms with Gasteiger partial charge in [-0.2, -0.15) is 18.2 Å². The summed E-state index contributed by atoms with van der Waals surface area (Å²) in [5.41, 5.74) is 3.05. The molecule has 0 unspecified atom stereocenters. The summed E-state index contributed by atoms with van der Waals surface area (Å²) in [6.07, 6.45) is 1.69. The Labute approximate surface area is 146 Å². The van der Waals surface area contributed by atoms with Gasteiger partial charge in [-0.1, -0.05) is 0 Å². The zero-order valence-electron chi connectivity index (χ0n) is 13.1. The van der Waals surface area contributed by atoms with Crippen LogP contribution in [-0.2, 0) is 16.6 Å². The summed E-state index contributed by atoms with van der Waals surface area (Å²) in [4.78, 5) is 4.29. The Bertz CT molecular complexity index is 1040. The summed E-state index contributed by atoms with van der Waals surface area (Å²) < 4.78 is 52.8. The van der Waals surface area contributed by atoms with Gasteiger partial charge in [0.1, 0.15) is 0 Å². The van der Waals surface area contributed by atoms with Gasteiger partial charge in [-0.15, -0.1) is 11.3 Å². The zero-order valence-corrected chi connectivity index (χ0v) is 14.8. The van der Waals surface area contributed by atoms with E-state index in [-0.39, 0.29) is 19.1 Å². The normalized spacial score (nSPS) is 18.8. The minimum Gasteiger partial charge on any atom is -0.264 e. The maximum Gasteiger partial charge on any atom is 0.350 e. The van der Waals surface area contributed by atoms with Gasteiger partial charge >= 0.3 is 5.76 Å². The van der Waals surface area contributed by atoms with Gasteiger partial charge in [0.25, 0.3) is 10.0 Å². The number of hydrogen-bond acceptors (Lipinski definition) is 5. The predicted octanol–water partition coefficient (Wildman–Crippen LogP) is 3.09. The van der Waals surface area contributed by atoms with Crippen LogP contribution < -0.4 is 0 Å². The molecule has 1 aliphatic rings. The van der Waals surface area contributed by atoms with Crippen molar-refractivity contribution in [2.75, 3.05) is 6.54 Å². The summed E-state index contributed by atoms with van der Waals surface area (Å²) in [6.45, 7) is 1.63. The number of nitrogens with zero attached hydrogens (tertiary/aromatic N) is 4. The summed E-state index contributed by atoms with van der Waals surface area (Å²) in [5, 5.41) is 6.52. The third-order valence-corrected chi connectivity index (χ3v) is 6.63. The van der Waals surface area contributed by atoms with Crippen molar-refractivity contribution in [3.05, 3.63) is 35.5 Å². The Kier molecular flexibility index (Phi) is 3.85. The zero-order chi connectivity index (χ0) is 17.8. The molecule has 0 amide bonds. The molecule has 6 nitrogen and oxygen atoms in total. The van der Waals surface area contributed by atoms with Crippen LogP contribution in [0.15, 0.2) is 29.8 Å². The van der Waals surface area contributed by atoms with Crippen LogP contribution in [0.25, 0.3) is 21.5 Å². The van der Waals surface area contributed by atoms with E-state index in [9.17, 15) is 17.2 Å². The Balaban J connectivity index is 1.77. The number of halogens is 2. The Morgan fingerprint density at radius 3 is 2.92 bits per heavy atom. The highest BCUT2D eigenvalue weighted by Crippen LogP contribution is 2.33. The first-order chi connectivity index (χ1) is 11.9. The fourth-order valence-electron chi connectivity index (χ4n) is 3.06. The lowest BCUT2D eigenvalue weighted by Crippen LogP contribution is -2.42. The van der Waals surface area contributed by atoms with Crippen molar-refractivity contribution in [1.82, 2.24) is 19.1 Å².